The van der Waals surface area contributed by atoms with Crippen LogP contribution in [0.1, 0.15) is 33.6 Å². The lowest BCUT2D eigenvalue weighted by atomic mass is 10.2. The summed E-state index contributed by atoms with van der Waals surface area (Å²) in [4.78, 5) is 4.20. The van der Waals surface area contributed by atoms with Gasteiger partial charge in [-0.2, -0.15) is 13.2 Å². The molecule has 0 atom stereocenters. The highest BCUT2D eigenvalue weighted by Gasteiger charge is 2.26. The minimum Gasteiger partial charge on any atom is -0.381 e. The molecule has 0 radical (unpaired) electrons. The number of guanidine groups is 1. The van der Waals surface area contributed by atoms with Crippen LogP contribution in [-0.2, 0) is 4.74 Å². The molecule has 0 aliphatic rings. The minimum absolute atomic E-state index is 0. The molecule has 4 nitrogen and oxygen atoms in total. The summed E-state index contributed by atoms with van der Waals surface area (Å²) >= 11 is 0. The van der Waals surface area contributed by atoms with Gasteiger partial charge < -0.3 is 15.4 Å². The van der Waals surface area contributed by atoms with Gasteiger partial charge in [-0.15, -0.1) is 24.0 Å². The number of nitrogens with one attached hydrogen (secondary N) is 2. The molecule has 0 aliphatic carbocycles. The van der Waals surface area contributed by atoms with Crippen LogP contribution in [-0.4, -0.2) is 45.0 Å². The van der Waals surface area contributed by atoms with Crippen molar-refractivity contribution in [3.8, 4) is 0 Å². The normalized spacial score (nSPS) is 12.2. The second-order valence-electron chi connectivity index (χ2n) is 4.87. The van der Waals surface area contributed by atoms with Crippen molar-refractivity contribution in [2.75, 3.05) is 32.8 Å². The van der Waals surface area contributed by atoms with E-state index in [9.17, 15) is 13.2 Å². The SMILES string of the molecule is CCNC(=NCCCOCC(C)C)NCCC(F)(F)F.I. The van der Waals surface area contributed by atoms with E-state index < -0.39 is 12.6 Å². The molecule has 0 heterocycles. The molecule has 0 aliphatic heterocycles. The summed E-state index contributed by atoms with van der Waals surface area (Å²) in [6, 6.07) is 0. The van der Waals surface area contributed by atoms with E-state index in [2.05, 4.69) is 29.5 Å². The van der Waals surface area contributed by atoms with Crippen molar-refractivity contribution in [1.29, 1.82) is 0 Å². The zero-order valence-corrected chi connectivity index (χ0v) is 15.3. The molecule has 0 aromatic carbocycles. The summed E-state index contributed by atoms with van der Waals surface area (Å²) in [5, 5.41) is 5.57. The standard InChI is InChI=1S/C13H26F3N3O.HI/c1-4-17-12(19-8-6-13(14,15)16)18-7-5-9-20-10-11(2)3;/h11H,4-10H2,1-3H3,(H2,17,18,19);1H. The molecule has 2 N–H and O–H groups in total. The number of nitrogens with zero attached hydrogens (tertiary/aromatic N) is 1. The monoisotopic (exact) mass is 425 g/mol. The molecule has 0 saturated heterocycles. The topological polar surface area (TPSA) is 45.7 Å². The Balaban J connectivity index is 0. The van der Waals surface area contributed by atoms with Crippen LogP contribution in [0.25, 0.3) is 0 Å². The predicted molar refractivity (Wildman–Crippen MR) is 90.3 cm³/mol. The van der Waals surface area contributed by atoms with Gasteiger partial charge in [-0.25, -0.2) is 0 Å². The van der Waals surface area contributed by atoms with Gasteiger partial charge in [0, 0.05) is 32.8 Å². The van der Waals surface area contributed by atoms with Gasteiger partial charge in [0.15, 0.2) is 5.96 Å². The fraction of sp³-hybridized carbons (Fsp3) is 0.923. The highest BCUT2D eigenvalue weighted by atomic mass is 127. The molecule has 0 saturated carbocycles. The molecule has 0 unspecified atom stereocenters. The van der Waals surface area contributed by atoms with Crippen LogP contribution in [0.15, 0.2) is 4.99 Å². The number of hydrogen-bond acceptors (Lipinski definition) is 2. The van der Waals surface area contributed by atoms with E-state index in [-0.39, 0.29) is 30.5 Å². The molecule has 0 amide bonds. The molecule has 8 heteroatoms. The maximum Gasteiger partial charge on any atom is 0.390 e. The van der Waals surface area contributed by atoms with Crippen molar-refractivity contribution in [2.45, 2.75) is 39.8 Å². The maximum absolute atomic E-state index is 12.0. The van der Waals surface area contributed by atoms with E-state index in [1.165, 1.54) is 0 Å². The summed E-state index contributed by atoms with van der Waals surface area (Å²) in [5.41, 5.74) is 0. The molecule has 0 rings (SSSR count). The smallest absolute Gasteiger partial charge is 0.381 e. The Hall–Kier alpha value is -0.250. The van der Waals surface area contributed by atoms with Crippen LogP contribution in [0.2, 0.25) is 0 Å². The molecule has 0 bridgehead atoms. The third kappa shape index (κ3) is 17.7. The molecule has 0 aromatic rings. The van der Waals surface area contributed by atoms with E-state index in [0.29, 0.717) is 38.2 Å². The van der Waals surface area contributed by atoms with Crippen molar-refractivity contribution < 1.29 is 17.9 Å². The Morgan fingerprint density at radius 1 is 1.24 bits per heavy atom. The Kier molecular flexibility index (Phi) is 14.7. The van der Waals surface area contributed by atoms with Gasteiger partial charge in [-0.05, 0) is 19.3 Å². The summed E-state index contributed by atoms with van der Waals surface area (Å²) in [7, 11) is 0. The second kappa shape index (κ2) is 13.4. The zero-order valence-electron chi connectivity index (χ0n) is 12.9. The first-order chi connectivity index (χ1) is 9.35. The molecule has 0 spiro atoms. The van der Waals surface area contributed by atoms with Gasteiger partial charge in [0.05, 0.1) is 6.42 Å². The Morgan fingerprint density at radius 2 is 1.90 bits per heavy atom. The van der Waals surface area contributed by atoms with Gasteiger partial charge in [0.25, 0.3) is 0 Å². The fourth-order valence-corrected chi connectivity index (χ4v) is 1.34. The lowest BCUT2D eigenvalue weighted by Gasteiger charge is -2.12. The lowest BCUT2D eigenvalue weighted by molar-refractivity contribution is -0.132. The Labute approximate surface area is 142 Å². The average Bonchev–Trinajstić information content (AvgIpc) is 2.31. The van der Waals surface area contributed by atoms with Crippen LogP contribution in [0.3, 0.4) is 0 Å². The lowest BCUT2D eigenvalue weighted by Crippen LogP contribution is -2.39. The number of halogens is 4. The van der Waals surface area contributed by atoms with Crippen LogP contribution < -0.4 is 10.6 Å². The number of aliphatic imine (C=N–C) groups is 1. The third-order valence-electron chi connectivity index (χ3n) is 2.21. The van der Waals surface area contributed by atoms with Crippen molar-refractivity contribution in [3.05, 3.63) is 0 Å². The van der Waals surface area contributed by atoms with Crippen LogP contribution in [0, 0.1) is 5.92 Å². The number of ether oxygens (including phenoxy) is 1. The maximum atomic E-state index is 12.0. The van der Waals surface area contributed by atoms with Gasteiger partial charge >= 0.3 is 6.18 Å². The summed E-state index contributed by atoms with van der Waals surface area (Å²) < 4.78 is 41.5. The molecule has 0 aromatic heterocycles. The number of hydrogen-bond donors (Lipinski definition) is 2. The first-order valence-electron chi connectivity index (χ1n) is 7.01. The minimum atomic E-state index is -4.14. The van der Waals surface area contributed by atoms with E-state index in [1.54, 1.807) is 0 Å². The Bertz CT molecular complexity index is 274. The van der Waals surface area contributed by atoms with E-state index in [4.69, 9.17) is 4.74 Å². The highest BCUT2D eigenvalue weighted by molar-refractivity contribution is 14.0. The van der Waals surface area contributed by atoms with Crippen molar-refractivity contribution >= 4 is 29.9 Å². The van der Waals surface area contributed by atoms with Gasteiger partial charge in [-0.1, -0.05) is 13.8 Å². The molecular formula is C13H27F3IN3O. The van der Waals surface area contributed by atoms with Crippen molar-refractivity contribution in [1.82, 2.24) is 10.6 Å². The summed E-state index contributed by atoms with van der Waals surface area (Å²) in [6.45, 7) is 8.32. The largest absolute Gasteiger partial charge is 0.390 e. The van der Waals surface area contributed by atoms with E-state index in [0.717, 1.165) is 6.42 Å². The van der Waals surface area contributed by atoms with Crippen molar-refractivity contribution in [3.63, 3.8) is 0 Å². The predicted octanol–water partition coefficient (Wildman–Crippen LogP) is 3.17. The summed E-state index contributed by atoms with van der Waals surface area (Å²) in [5.74, 6) is 0.917. The Morgan fingerprint density at radius 3 is 2.43 bits per heavy atom. The number of rotatable bonds is 9. The number of alkyl halides is 3. The average molecular weight is 425 g/mol. The van der Waals surface area contributed by atoms with Crippen LogP contribution in [0.5, 0.6) is 0 Å². The van der Waals surface area contributed by atoms with E-state index >= 15 is 0 Å². The van der Waals surface area contributed by atoms with Gasteiger partial charge in [0.1, 0.15) is 0 Å². The quantitative estimate of drug-likeness (QED) is 0.258. The second-order valence-corrected chi connectivity index (χ2v) is 4.87. The third-order valence-corrected chi connectivity index (χ3v) is 2.21. The molecule has 0 fully saturated rings. The van der Waals surface area contributed by atoms with Crippen LogP contribution in [0.4, 0.5) is 13.2 Å². The fourth-order valence-electron chi connectivity index (χ4n) is 1.34. The first kappa shape index (κ1) is 23.0. The first-order valence-corrected chi connectivity index (χ1v) is 7.01. The molecule has 128 valence electrons. The zero-order chi connectivity index (χ0) is 15.4. The highest BCUT2D eigenvalue weighted by Crippen LogP contribution is 2.17. The van der Waals surface area contributed by atoms with Gasteiger partial charge in [-0.3, -0.25) is 4.99 Å². The van der Waals surface area contributed by atoms with Crippen molar-refractivity contribution in [2.24, 2.45) is 10.9 Å². The summed E-state index contributed by atoms with van der Waals surface area (Å²) in [6.07, 6.45) is -4.26. The molecule has 21 heavy (non-hydrogen) atoms. The van der Waals surface area contributed by atoms with Gasteiger partial charge in [0.2, 0.25) is 0 Å². The molecular weight excluding hydrogens is 398 g/mol. The van der Waals surface area contributed by atoms with Crippen LogP contribution >= 0.6 is 24.0 Å². The van der Waals surface area contributed by atoms with E-state index in [1.807, 2.05) is 6.92 Å².